The molecule has 0 aromatic rings. The number of nitriles is 1. The molecule has 2 atom stereocenters. The normalized spacial score (nSPS) is 14.2. The monoisotopic (exact) mass is 254 g/mol. The fourth-order valence-corrected chi connectivity index (χ4v) is 1.24. The Kier molecular flexibility index (Phi) is 6.39. The van der Waals surface area contributed by atoms with Crippen LogP contribution in [0, 0.1) is 22.7 Å². The van der Waals surface area contributed by atoms with Crippen LogP contribution in [-0.4, -0.2) is 24.5 Å². The van der Waals surface area contributed by atoms with Gasteiger partial charge in [-0.05, 0) is 20.3 Å². The first-order valence-electron chi connectivity index (χ1n) is 6.09. The van der Waals surface area contributed by atoms with E-state index in [1.165, 1.54) is 0 Å². The molecule has 0 aliphatic carbocycles. The number of ether oxygens (including phenoxy) is 1. The Bertz CT molecular complexity index is 339. The van der Waals surface area contributed by atoms with E-state index in [0.717, 1.165) is 0 Å². The number of amides is 1. The molecule has 102 valence electrons. The summed E-state index contributed by atoms with van der Waals surface area (Å²) in [5, 5.41) is 11.4. The molecule has 0 bridgehead atoms. The van der Waals surface area contributed by atoms with Gasteiger partial charge < -0.3 is 10.1 Å². The van der Waals surface area contributed by atoms with Crippen molar-refractivity contribution in [3.05, 3.63) is 0 Å². The van der Waals surface area contributed by atoms with Gasteiger partial charge in [-0.3, -0.25) is 4.79 Å². The summed E-state index contributed by atoms with van der Waals surface area (Å²) >= 11 is 0. The van der Waals surface area contributed by atoms with Crippen LogP contribution in [0.3, 0.4) is 0 Å². The Hall–Kier alpha value is -1.57. The van der Waals surface area contributed by atoms with E-state index >= 15 is 0 Å². The summed E-state index contributed by atoms with van der Waals surface area (Å²) in [7, 11) is 0. The van der Waals surface area contributed by atoms with E-state index in [-0.39, 0.29) is 24.9 Å². The van der Waals surface area contributed by atoms with Gasteiger partial charge in [0.1, 0.15) is 6.04 Å². The molecular weight excluding hydrogens is 232 g/mol. The summed E-state index contributed by atoms with van der Waals surface area (Å²) in [6.45, 7) is 8.94. The standard InChI is InChI=1S/C13H22N2O3/c1-6-18-11(16)10(7-9(2)8-14)15-12(17)13(3,4)5/h9-10H,6-7H2,1-5H3,(H,15,17)/t9-,10-/m0/s1. The number of rotatable bonds is 5. The molecule has 5 heteroatoms. The van der Waals surface area contributed by atoms with E-state index in [1.807, 2.05) is 6.07 Å². The SMILES string of the molecule is CCOC(=O)[C@H](C[C@H](C)C#N)NC(=O)C(C)(C)C. The third kappa shape index (κ3) is 5.67. The molecule has 0 saturated heterocycles. The zero-order valence-corrected chi connectivity index (χ0v) is 11.7. The second-order valence-corrected chi connectivity index (χ2v) is 5.29. The minimum atomic E-state index is -0.758. The highest BCUT2D eigenvalue weighted by atomic mass is 16.5. The van der Waals surface area contributed by atoms with Gasteiger partial charge in [-0.1, -0.05) is 20.8 Å². The van der Waals surface area contributed by atoms with Crippen molar-refractivity contribution in [2.24, 2.45) is 11.3 Å². The lowest BCUT2D eigenvalue weighted by molar-refractivity contribution is -0.148. The van der Waals surface area contributed by atoms with E-state index in [1.54, 1.807) is 34.6 Å². The highest BCUT2D eigenvalue weighted by Crippen LogP contribution is 2.15. The average molecular weight is 254 g/mol. The minimum Gasteiger partial charge on any atom is -0.464 e. The fourth-order valence-electron chi connectivity index (χ4n) is 1.24. The molecule has 0 heterocycles. The molecule has 0 saturated carbocycles. The van der Waals surface area contributed by atoms with Gasteiger partial charge in [0.25, 0.3) is 0 Å². The maximum atomic E-state index is 11.9. The Balaban J connectivity index is 4.73. The summed E-state index contributed by atoms with van der Waals surface area (Å²) < 4.78 is 4.90. The quantitative estimate of drug-likeness (QED) is 0.756. The first kappa shape index (κ1) is 16.4. The van der Waals surface area contributed by atoms with Crippen molar-refractivity contribution in [1.29, 1.82) is 5.26 Å². The molecule has 1 amide bonds. The summed E-state index contributed by atoms with van der Waals surface area (Å²) in [5.41, 5.74) is -0.583. The Labute approximate surface area is 108 Å². The highest BCUT2D eigenvalue weighted by molar-refractivity contribution is 5.87. The number of hydrogen-bond donors (Lipinski definition) is 1. The molecule has 0 radical (unpaired) electrons. The fraction of sp³-hybridized carbons (Fsp3) is 0.769. The maximum Gasteiger partial charge on any atom is 0.328 e. The van der Waals surface area contributed by atoms with Gasteiger partial charge in [0, 0.05) is 11.3 Å². The van der Waals surface area contributed by atoms with Crippen LogP contribution in [0.2, 0.25) is 0 Å². The number of esters is 1. The van der Waals surface area contributed by atoms with Gasteiger partial charge >= 0.3 is 5.97 Å². The van der Waals surface area contributed by atoms with Crippen LogP contribution < -0.4 is 5.32 Å². The largest absolute Gasteiger partial charge is 0.464 e. The molecule has 1 N–H and O–H groups in total. The number of nitrogens with zero attached hydrogens (tertiary/aromatic N) is 1. The third-order valence-corrected chi connectivity index (χ3v) is 2.37. The summed E-state index contributed by atoms with van der Waals surface area (Å²) in [6, 6.07) is 1.29. The van der Waals surface area contributed by atoms with Gasteiger partial charge in [0.15, 0.2) is 0 Å². The van der Waals surface area contributed by atoms with Crippen LogP contribution >= 0.6 is 0 Å². The molecule has 0 aliphatic heterocycles. The van der Waals surface area contributed by atoms with Crippen molar-refractivity contribution in [2.75, 3.05) is 6.61 Å². The van der Waals surface area contributed by atoms with Gasteiger partial charge in [-0.25, -0.2) is 4.79 Å². The smallest absolute Gasteiger partial charge is 0.328 e. The van der Waals surface area contributed by atoms with E-state index in [4.69, 9.17) is 10.00 Å². The second kappa shape index (κ2) is 7.00. The van der Waals surface area contributed by atoms with Crippen LogP contribution in [0.25, 0.3) is 0 Å². The zero-order chi connectivity index (χ0) is 14.3. The molecule has 5 nitrogen and oxygen atoms in total. The Morgan fingerprint density at radius 3 is 2.33 bits per heavy atom. The summed E-state index contributed by atoms with van der Waals surface area (Å²) in [5.74, 6) is -1.04. The molecule has 0 aromatic carbocycles. The zero-order valence-electron chi connectivity index (χ0n) is 11.7. The van der Waals surface area contributed by atoms with Crippen LogP contribution in [0.15, 0.2) is 0 Å². The van der Waals surface area contributed by atoms with Gasteiger partial charge in [0.05, 0.1) is 12.7 Å². The molecule has 0 unspecified atom stereocenters. The molecule has 0 rings (SSSR count). The van der Waals surface area contributed by atoms with Gasteiger partial charge in [-0.2, -0.15) is 5.26 Å². The van der Waals surface area contributed by atoms with Crippen molar-refractivity contribution >= 4 is 11.9 Å². The van der Waals surface area contributed by atoms with Crippen molar-refractivity contribution in [3.8, 4) is 6.07 Å². The Morgan fingerprint density at radius 1 is 1.39 bits per heavy atom. The topological polar surface area (TPSA) is 79.2 Å². The lowest BCUT2D eigenvalue weighted by Crippen LogP contribution is -2.47. The first-order chi connectivity index (χ1) is 8.22. The molecule has 0 fully saturated rings. The first-order valence-corrected chi connectivity index (χ1v) is 6.09. The second-order valence-electron chi connectivity index (χ2n) is 5.29. The predicted octanol–water partition coefficient (Wildman–Crippen LogP) is 1.63. The van der Waals surface area contributed by atoms with Crippen LogP contribution in [-0.2, 0) is 14.3 Å². The van der Waals surface area contributed by atoms with E-state index in [9.17, 15) is 9.59 Å². The van der Waals surface area contributed by atoms with E-state index in [0.29, 0.717) is 0 Å². The third-order valence-electron chi connectivity index (χ3n) is 2.37. The predicted molar refractivity (Wildman–Crippen MR) is 67.4 cm³/mol. The molecule has 18 heavy (non-hydrogen) atoms. The summed E-state index contributed by atoms with van der Waals surface area (Å²) in [4.78, 5) is 23.6. The van der Waals surface area contributed by atoms with Crippen LogP contribution in [0.4, 0.5) is 0 Å². The average Bonchev–Trinajstić information content (AvgIpc) is 2.26. The number of nitrogens with one attached hydrogen (secondary N) is 1. The van der Waals surface area contributed by atoms with Crippen LogP contribution in [0.5, 0.6) is 0 Å². The number of hydrogen-bond acceptors (Lipinski definition) is 4. The number of carbonyl (C=O) groups excluding carboxylic acids is 2. The van der Waals surface area contributed by atoms with E-state index < -0.39 is 17.4 Å². The van der Waals surface area contributed by atoms with Crippen LogP contribution in [0.1, 0.15) is 41.0 Å². The minimum absolute atomic E-state index is 0.231. The van der Waals surface area contributed by atoms with Crippen molar-refractivity contribution in [2.45, 2.75) is 47.1 Å². The van der Waals surface area contributed by atoms with Crippen molar-refractivity contribution in [1.82, 2.24) is 5.32 Å². The lowest BCUT2D eigenvalue weighted by Gasteiger charge is -2.23. The van der Waals surface area contributed by atoms with Gasteiger partial charge in [-0.15, -0.1) is 0 Å². The molecule has 0 spiro atoms. The Morgan fingerprint density at radius 2 is 1.94 bits per heavy atom. The van der Waals surface area contributed by atoms with E-state index in [2.05, 4.69) is 5.32 Å². The van der Waals surface area contributed by atoms with Crippen molar-refractivity contribution in [3.63, 3.8) is 0 Å². The number of carbonyl (C=O) groups is 2. The molecular formula is C13H22N2O3. The lowest BCUT2D eigenvalue weighted by atomic mass is 9.94. The van der Waals surface area contributed by atoms with Gasteiger partial charge in [0.2, 0.25) is 5.91 Å². The van der Waals surface area contributed by atoms with Crippen molar-refractivity contribution < 1.29 is 14.3 Å². The molecule has 0 aromatic heterocycles. The molecule has 0 aliphatic rings. The summed E-state index contributed by atoms with van der Waals surface area (Å²) in [6.07, 6.45) is 0.261. The maximum absolute atomic E-state index is 11.9. The highest BCUT2D eigenvalue weighted by Gasteiger charge is 2.29.